The van der Waals surface area contributed by atoms with Gasteiger partial charge in [0.25, 0.3) is 5.56 Å². The highest BCUT2D eigenvalue weighted by molar-refractivity contribution is 5.80. The summed E-state index contributed by atoms with van der Waals surface area (Å²) in [5.41, 5.74) is 3.28. The summed E-state index contributed by atoms with van der Waals surface area (Å²) in [5.74, 6) is 1.16. The van der Waals surface area contributed by atoms with Crippen molar-refractivity contribution in [1.82, 2.24) is 30.1 Å². The van der Waals surface area contributed by atoms with Crippen molar-refractivity contribution in [1.29, 1.82) is 0 Å². The van der Waals surface area contributed by atoms with Crippen molar-refractivity contribution < 1.29 is 9.13 Å². The number of nitrogens with zero attached hydrogens (tertiary/aromatic N) is 5. The normalized spacial score (nSPS) is 12.2. The fourth-order valence-electron chi connectivity index (χ4n) is 4.85. The van der Waals surface area contributed by atoms with Crippen LogP contribution in [0.3, 0.4) is 0 Å². The van der Waals surface area contributed by atoms with Gasteiger partial charge in [-0.1, -0.05) is 49.4 Å². The fraction of sp³-hybridized carbons (Fsp3) is 0.267. The molecule has 5 aromatic rings. The number of tetrazole rings is 1. The van der Waals surface area contributed by atoms with Gasteiger partial charge in [0, 0.05) is 29.6 Å². The van der Waals surface area contributed by atoms with Crippen LogP contribution in [0.5, 0.6) is 5.75 Å². The van der Waals surface area contributed by atoms with Crippen LogP contribution in [0.1, 0.15) is 48.8 Å². The molecule has 200 valence electrons. The van der Waals surface area contributed by atoms with E-state index in [2.05, 4.69) is 44.5 Å². The lowest BCUT2D eigenvalue weighted by Crippen LogP contribution is -2.32. The molecule has 9 heteroatoms. The second-order valence-corrected chi connectivity index (χ2v) is 9.44. The molecule has 5 rings (SSSR count). The summed E-state index contributed by atoms with van der Waals surface area (Å²) in [6.07, 6.45) is 0.719. The van der Waals surface area contributed by atoms with E-state index >= 15 is 0 Å². The monoisotopic (exact) mass is 526 g/mol. The zero-order chi connectivity index (χ0) is 27.2. The topological polar surface area (TPSA) is 88.9 Å². The van der Waals surface area contributed by atoms with E-state index in [1.54, 1.807) is 16.8 Å². The van der Waals surface area contributed by atoms with E-state index in [1.165, 1.54) is 12.1 Å². The van der Waals surface area contributed by atoms with Crippen molar-refractivity contribution in [3.8, 4) is 5.75 Å². The van der Waals surface area contributed by atoms with Crippen LogP contribution in [0.2, 0.25) is 0 Å². The SMILES string of the molecule is CCOc1ccc2[nH]c(=O)c(CN(Cc3ccccc3)[C@@H](CC)c3nnnn3Cc3ccc(F)cc3)cc2c1. The van der Waals surface area contributed by atoms with Crippen molar-refractivity contribution in [2.24, 2.45) is 0 Å². The smallest absolute Gasteiger partial charge is 0.252 e. The van der Waals surface area contributed by atoms with E-state index in [0.29, 0.717) is 37.6 Å². The Hall–Kier alpha value is -4.37. The van der Waals surface area contributed by atoms with Crippen molar-refractivity contribution in [3.05, 3.63) is 118 Å². The maximum absolute atomic E-state index is 13.4. The van der Waals surface area contributed by atoms with Crippen molar-refractivity contribution in [2.75, 3.05) is 6.61 Å². The molecule has 0 amide bonds. The van der Waals surface area contributed by atoms with E-state index in [4.69, 9.17) is 4.74 Å². The van der Waals surface area contributed by atoms with E-state index in [1.807, 2.05) is 49.4 Å². The second kappa shape index (κ2) is 12.0. The van der Waals surface area contributed by atoms with Gasteiger partial charge in [-0.25, -0.2) is 9.07 Å². The number of nitrogens with one attached hydrogen (secondary N) is 1. The molecule has 3 aromatic carbocycles. The molecule has 0 aliphatic heterocycles. The molecule has 1 N–H and O–H groups in total. The average molecular weight is 527 g/mol. The molecule has 0 aliphatic rings. The third-order valence-corrected chi connectivity index (χ3v) is 6.74. The van der Waals surface area contributed by atoms with Crippen molar-refractivity contribution in [3.63, 3.8) is 0 Å². The van der Waals surface area contributed by atoms with Gasteiger partial charge in [0.05, 0.1) is 19.2 Å². The summed E-state index contributed by atoms with van der Waals surface area (Å²) >= 11 is 0. The van der Waals surface area contributed by atoms with Crippen LogP contribution in [0.15, 0.2) is 83.7 Å². The van der Waals surface area contributed by atoms with Gasteiger partial charge >= 0.3 is 0 Å². The number of hydrogen-bond acceptors (Lipinski definition) is 6. The van der Waals surface area contributed by atoms with Crippen LogP contribution >= 0.6 is 0 Å². The number of halogens is 1. The molecule has 0 bridgehead atoms. The molecule has 0 aliphatic carbocycles. The third kappa shape index (κ3) is 6.21. The number of ether oxygens (including phenoxy) is 1. The molecule has 1 atom stereocenters. The molecule has 0 saturated heterocycles. The first-order valence-corrected chi connectivity index (χ1v) is 13.1. The lowest BCUT2D eigenvalue weighted by atomic mass is 10.1. The number of rotatable bonds is 11. The zero-order valence-electron chi connectivity index (χ0n) is 22.0. The standard InChI is InChI=1S/C30H31FN6O2/c1-3-28(29-33-34-35-37(29)19-22-10-12-25(31)13-11-22)36(18-21-8-6-5-7-9-21)20-24-16-23-17-26(39-4-2)14-15-27(23)32-30(24)38/h5-17,28H,3-4,18-20H2,1-2H3,(H,32,38)/t28-/m0/s1. The Kier molecular flexibility index (Phi) is 8.07. The molecule has 0 radical (unpaired) electrons. The molecule has 0 unspecified atom stereocenters. The van der Waals surface area contributed by atoms with Crippen LogP contribution in [0, 0.1) is 5.82 Å². The van der Waals surface area contributed by atoms with Crippen molar-refractivity contribution >= 4 is 10.9 Å². The number of pyridine rings is 1. The summed E-state index contributed by atoms with van der Waals surface area (Å²) < 4.78 is 20.9. The number of aromatic nitrogens is 5. The van der Waals surface area contributed by atoms with Crippen LogP contribution in [-0.2, 0) is 19.6 Å². The number of H-pyrrole nitrogens is 1. The summed E-state index contributed by atoms with van der Waals surface area (Å²) in [5, 5.41) is 13.5. The number of aromatic amines is 1. The van der Waals surface area contributed by atoms with Crippen LogP contribution in [-0.4, -0.2) is 36.7 Å². The first kappa shape index (κ1) is 26.2. The summed E-state index contributed by atoms with van der Waals surface area (Å²) in [6, 6.07) is 23.9. The van der Waals surface area contributed by atoms with Gasteiger partial charge in [0.2, 0.25) is 0 Å². The van der Waals surface area contributed by atoms with Gasteiger partial charge in [-0.2, -0.15) is 0 Å². The van der Waals surface area contributed by atoms with Crippen LogP contribution in [0.4, 0.5) is 4.39 Å². The number of fused-ring (bicyclic) bond motifs is 1. The molecular weight excluding hydrogens is 495 g/mol. The van der Waals surface area contributed by atoms with Crippen molar-refractivity contribution in [2.45, 2.75) is 45.9 Å². The Morgan fingerprint density at radius 2 is 1.77 bits per heavy atom. The first-order chi connectivity index (χ1) is 19.0. The molecule has 0 spiro atoms. The molecule has 39 heavy (non-hydrogen) atoms. The Labute approximate surface area is 226 Å². The highest BCUT2D eigenvalue weighted by atomic mass is 19.1. The molecule has 2 aromatic heterocycles. The fourth-order valence-corrected chi connectivity index (χ4v) is 4.85. The minimum atomic E-state index is -0.287. The lowest BCUT2D eigenvalue weighted by molar-refractivity contribution is 0.161. The molecule has 0 saturated carbocycles. The highest BCUT2D eigenvalue weighted by Crippen LogP contribution is 2.27. The maximum Gasteiger partial charge on any atom is 0.252 e. The van der Waals surface area contributed by atoms with Gasteiger partial charge in [-0.15, -0.1) is 5.10 Å². The van der Waals surface area contributed by atoms with E-state index in [9.17, 15) is 9.18 Å². The third-order valence-electron chi connectivity index (χ3n) is 6.74. The van der Waals surface area contributed by atoms with E-state index < -0.39 is 0 Å². The Bertz CT molecular complexity index is 1580. The van der Waals surface area contributed by atoms with Gasteiger partial charge in [0.15, 0.2) is 5.82 Å². The summed E-state index contributed by atoms with van der Waals surface area (Å²) in [7, 11) is 0. The van der Waals surface area contributed by atoms with Gasteiger partial charge in [0.1, 0.15) is 11.6 Å². The Morgan fingerprint density at radius 1 is 0.974 bits per heavy atom. The van der Waals surface area contributed by atoms with E-state index in [-0.39, 0.29) is 17.4 Å². The first-order valence-electron chi connectivity index (χ1n) is 13.1. The molecule has 2 heterocycles. The largest absolute Gasteiger partial charge is 0.494 e. The quantitative estimate of drug-likeness (QED) is 0.253. The van der Waals surface area contributed by atoms with Crippen LogP contribution < -0.4 is 10.3 Å². The number of benzene rings is 3. The molecule has 8 nitrogen and oxygen atoms in total. The molecular formula is C30H31FN6O2. The Balaban J connectivity index is 1.50. The predicted octanol–water partition coefficient (Wildman–Crippen LogP) is 5.25. The average Bonchev–Trinajstić information content (AvgIpc) is 3.39. The lowest BCUT2D eigenvalue weighted by Gasteiger charge is -2.30. The zero-order valence-corrected chi connectivity index (χ0v) is 22.0. The van der Waals surface area contributed by atoms with Gasteiger partial charge < -0.3 is 9.72 Å². The highest BCUT2D eigenvalue weighted by Gasteiger charge is 2.26. The minimum Gasteiger partial charge on any atom is -0.494 e. The molecule has 0 fully saturated rings. The van der Waals surface area contributed by atoms with E-state index in [0.717, 1.165) is 34.2 Å². The van der Waals surface area contributed by atoms with Gasteiger partial charge in [-0.3, -0.25) is 9.69 Å². The van der Waals surface area contributed by atoms with Gasteiger partial charge in [-0.05, 0) is 71.3 Å². The summed E-state index contributed by atoms with van der Waals surface area (Å²) in [6.45, 7) is 5.99. The van der Waals surface area contributed by atoms with Crippen LogP contribution in [0.25, 0.3) is 10.9 Å². The second-order valence-electron chi connectivity index (χ2n) is 9.44. The summed E-state index contributed by atoms with van der Waals surface area (Å²) in [4.78, 5) is 18.4. The Morgan fingerprint density at radius 3 is 2.51 bits per heavy atom. The minimum absolute atomic E-state index is 0.134. The predicted molar refractivity (Wildman–Crippen MR) is 148 cm³/mol. The maximum atomic E-state index is 13.4. The number of hydrogen-bond donors (Lipinski definition) is 1.